The number of rotatable bonds is 4. The third kappa shape index (κ3) is 4.81. The van der Waals surface area contributed by atoms with Crippen LogP contribution in [0.5, 0.6) is 0 Å². The zero-order chi connectivity index (χ0) is 34.7. The first-order valence-corrected chi connectivity index (χ1v) is 17.0. The number of fused-ring (bicyclic) bond motifs is 5. The molecule has 0 bridgehead atoms. The Bertz CT molecular complexity index is 2810. The summed E-state index contributed by atoms with van der Waals surface area (Å²) >= 11 is 0. The molecule has 51 heavy (non-hydrogen) atoms. The van der Waals surface area contributed by atoms with Crippen LogP contribution in [0.4, 0.5) is 0 Å². The molecule has 0 N–H and O–H groups in total. The highest BCUT2D eigenvalue weighted by molar-refractivity contribution is 6.22. The minimum Gasteiger partial charge on any atom is -0.246 e. The van der Waals surface area contributed by atoms with E-state index in [2.05, 4.69) is 145 Å². The van der Waals surface area contributed by atoms with Crippen LogP contribution in [0, 0.1) is 22.7 Å². The van der Waals surface area contributed by atoms with Gasteiger partial charge in [0.05, 0.1) is 0 Å². The van der Waals surface area contributed by atoms with Crippen LogP contribution >= 0.6 is 0 Å². The average molecular weight is 651 g/mol. The lowest BCUT2D eigenvalue weighted by Gasteiger charge is -2.24. The molecule has 1 aliphatic carbocycles. The van der Waals surface area contributed by atoms with Crippen molar-refractivity contribution < 1.29 is 0 Å². The molecule has 0 fully saturated rings. The van der Waals surface area contributed by atoms with Crippen molar-refractivity contribution in [1.82, 2.24) is 9.97 Å². The van der Waals surface area contributed by atoms with Gasteiger partial charge in [-0.2, -0.15) is 10.5 Å². The van der Waals surface area contributed by atoms with Gasteiger partial charge in [0.1, 0.15) is 23.5 Å². The molecule has 0 unspecified atom stereocenters. The van der Waals surface area contributed by atoms with Gasteiger partial charge in [0, 0.05) is 17.8 Å². The standard InChI is InChI=1S/C47H30N4/c1-47(2)43-16-6-5-13-37(43)40-25-41-42(26-44(40)47)46(34-12-8-10-30(22-34)32-18-20-51-36(24-32)28-49)39-15-4-3-14-38(39)45(41)33-11-7-9-29(21-33)31-17-19-50-35(23-31)27-48/h3-26H,1-2H3. The van der Waals surface area contributed by atoms with Crippen molar-refractivity contribution in [3.63, 3.8) is 0 Å². The number of benzene rings is 6. The first-order valence-electron chi connectivity index (χ1n) is 17.0. The molecule has 1 aliphatic rings. The summed E-state index contributed by atoms with van der Waals surface area (Å²) in [6.07, 6.45) is 3.40. The second-order valence-electron chi connectivity index (χ2n) is 13.7. The van der Waals surface area contributed by atoms with Crippen LogP contribution in [0.15, 0.2) is 146 Å². The fourth-order valence-corrected chi connectivity index (χ4v) is 8.04. The molecular weight excluding hydrogens is 621 g/mol. The number of aromatic nitrogens is 2. The lowest BCUT2D eigenvalue weighted by atomic mass is 9.79. The molecular formula is C47H30N4. The molecule has 0 saturated heterocycles. The Kier molecular flexibility index (Phi) is 6.88. The van der Waals surface area contributed by atoms with E-state index in [9.17, 15) is 10.5 Å². The van der Waals surface area contributed by atoms with Crippen LogP contribution in [0.1, 0.15) is 36.4 Å². The van der Waals surface area contributed by atoms with E-state index < -0.39 is 0 Å². The van der Waals surface area contributed by atoms with E-state index in [1.807, 2.05) is 24.3 Å². The third-order valence-corrected chi connectivity index (χ3v) is 10.4. The average Bonchev–Trinajstić information content (AvgIpc) is 3.41. The second-order valence-corrected chi connectivity index (χ2v) is 13.7. The van der Waals surface area contributed by atoms with Gasteiger partial charge in [-0.25, -0.2) is 9.97 Å². The second kappa shape index (κ2) is 11.6. The Morgan fingerprint density at radius 3 is 1.49 bits per heavy atom. The van der Waals surface area contributed by atoms with Gasteiger partial charge >= 0.3 is 0 Å². The molecule has 9 rings (SSSR count). The molecule has 4 nitrogen and oxygen atoms in total. The highest BCUT2D eigenvalue weighted by atomic mass is 14.7. The summed E-state index contributed by atoms with van der Waals surface area (Å²) in [5, 5.41) is 23.8. The quantitative estimate of drug-likeness (QED) is 0.178. The molecule has 0 spiro atoms. The first-order chi connectivity index (χ1) is 24.9. The van der Waals surface area contributed by atoms with Gasteiger partial charge in [-0.3, -0.25) is 0 Å². The highest BCUT2D eigenvalue weighted by Crippen LogP contribution is 2.53. The van der Waals surface area contributed by atoms with Gasteiger partial charge in [-0.1, -0.05) is 98.8 Å². The summed E-state index contributed by atoms with van der Waals surface area (Å²) in [5.41, 5.74) is 14.4. The normalized spacial score (nSPS) is 12.6. The fraction of sp³-hybridized carbons (Fsp3) is 0.0638. The summed E-state index contributed by atoms with van der Waals surface area (Å²) in [5.74, 6) is 0. The maximum atomic E-state index is 9.56. The molecule has 8 aromatic rings. The monoisotopic (exact) mass is 650 g/mol. The van der Waals surface area contributed by atoms with E-state index in [-0.39, 0.29) is 5.41 Å². The zero-order valence-corrected chi connectivity index (χ0v) is 28.1. The Hall–Kier alpha value is -6.88. The molecule has 0 atom stereocenters. The van der Waals surface area contributed by atoms with Crippen LogP contribution < -0.4 is 0 Å². The largest absolute Gasteiger partial charge is 0.246 e. The molecule has 4 heteroatoms. The Morgan fingerprint density at radius 1 is 0.431 bits per heavy atom. The molecule has 2 heterocycles. The van der Waals surface area contributed by atoms with Gasteiger partial charge in [-0.15, -0.1) is 0 Å². The fourth-order valence-electron chi connectivity index (χ4n) is 8.04. The van der Waals surface area contributed by atoms with Crippen molar-refractivity contribution in [1.29, 1.82) is 10.5 Å². The lowest BCUT2D eigenvalue weighted by molar-refractivity contribution is 0.661. The van der Waals surface area contributed by atoms with E-state index in [0.29, 0.717) is 11.4 Å². The van der Waals surface area contributed by atoms with Gasteiger partial charge in [0.25, 0.3) is 0 Å². The predicted octanol–water partition coefficient (Wildman–Crippen LogP) is 11.5. The van der Waals surface area contributed by atoms with Gasteiger partial charge < -0.3 is 0 Å². The van der Waals surface area contributed by atoms with Crippen molar-refractivity contribution in [2.45, 2.75) is 19.3 Å². The summed E-state index contributed by atoms with van der Waals surface area (Å²) in [6.45, 7) is 4.66. The highest BCUT2D eigenvalue weighted by Gasteiger charge is 2.36. The zero-order valence-electron chi connectivity index (χ0n) is 28.1. The number of nitrogens with zero attached hydrogens (tertiary/aromatic N) is 4. The van der Waals surface area contributed by atoms with Crippen LogP contribution in [0.25, 0.3) is 77.2 Å². The van der Waals surface area contributed by atoms with Gasteiger partial charge in [0.15, 0.2) is 0 Å². The minimum atomic E-state index is -0.171. The van der Waals surface area contributed by atoms with Crippen LogP contribution in [-0.4, -0.2) is 9.97 Å². The molecule has 0 radical (unpaired) electrons. The number of pyridine rings is 2. The smallest absolute Gasteiger partial charge is 0.141 e. The predicted molar refractivity (Wildman–Crippen MR) is 206 cm³/mol. The van der Waals surface area contributed by atoms with E-state index in [1.165, 1.54) is 49.5 Å². The number of hydrogen-bond donors (Lipinski definition) is 0. The summed E-state index contributed by atoms with van der Waals surface area (Å²) < 4.78 is 0. The van der Waals surface area contributed by atoms with E-state index in [1.54, 1.807) is 12.4 Å². The summed E-state index contributed by atoms with van der Waals surface area (Å²) in [6, 6.07) is 51.6. The van der Waals surface area contributed by atoms with Crippen LogP contribution in [0.2, 0.25) is 0 Å². The lowest BCUT2D eigenvalue weighted by Crippen LogP contribution is -2.14. The van der Waals surface area contributed by atoms with Crippen molar-refractivity contribution in [3.05, 3.63) is 168 Å². The van der Waals surface area contributed by atoms with Crippen molar-refractivity contribution in [3.8, 4) is 67.8 Å². The first kappa shape index (κ1) is 30.2. The SMILES string of the molecule is CC1(C)c2ccccc2-c2cc3c(-c4cccc(-c5ccnc(C#N)c5)c4)c4ccccc4c(-c4cccc(-c5ccnc(C#N)c5)c4)c3cc21. The molecule has 6 aromatic carbocycles. The molecule has 238 valence electrons. The Labute approximate surface area is 296 Å². The van der Waals surface area contributed by atoms with Gasteiger partial charge in [-0.05, 0) is 137 Å². The van der Waals surface area contributed by atoms with Crippen LogP contribution in [0.3, 0.4) is 0 Å². The van der Waals surface area contributed by atoms with Crippen molar-refractivity contribution in [2.75, 3.05) is 0 Å². The topological polar surface area (TPSA) is 73.4 Å². The summed E-state index contributed by atoms with van der Waals surface area (Å²) in [4.78, 5) is 8.41. The van der Waals surface area contributed by atoms with Gasteiger partial charge in [0.2, 0.25) is 0 Å². The molecule has 0 saturated carbocycles. The van der Waals surface area contributed by atoms with E-state index >= 15 is 0 Å². The third-order valence-electron chi connectivity index (χ3n) is 10.4. The minimum absolute atomic E-state index is 0.171. The number of hydrogen-bond acceptors (Lipinski definition) is 4. The molecule has 0 amide bonds. The van der Waals surface area contributed by atoms with Crippen molar-refractivity contribution in [2.24, 2.45) is 0 Å². The molecule has 0 aliphatic heterocycles. The molecule has 2 aromatic heterocycles. The summed E-state index contributed by atoms with van der Waals surface area (Å²) in [7, 11) is 0. The van der Waals surface area contributed by atoms with E-state index in [4.69, 9.17) is 0 Å². The maximum Gasteiger partial charge on any atom is 0.141 e. The number of nitriles is 2. The van der Waals surface area contributed by atoms with Crippen molar-refractivity contribution >= 4 is 21.5 Å². The maximum absolute atomic E-state index is 9.56. The Balaban J connectivity index is 1.38. The van der Waals surface area contributed by atoms with E-state index in [0.717, 1.165) is 38.8 Å². The Morgan fingerprint density at radius 2 is 0.922 bits per heavy atom. The van der Waals surface area contributed by atoms with Crippen LogP contribution in [-0.2, 0) is 5.41 Å².